The Kier molecular flexibility index (Phi) is 4.71. The van der Waals surface area contributed by atoms with E-state index in [9.17, 15) is 4.79 Å². The first-order valence-electron chi connectivity index (χ1n) is 9.18. The van der Waals surface area contributed by atoms with Gasteiger partial charge in [-0.2, -0.15) is 0 Å². The number of nitrogens with one attached hydrogen (secondary N) is 3. The van der Waals surface area contributed by atoms with Crippen LogP contribution in [0.4, 0.5) is 0 Å². The fraction of sp³-hybridized carbons (Fsp3) is 0.421. The van der Waals surface area contributed by atoms with E-state index in [2.05, 4.69) is 51.1 Å². The number of amides is 1. The summed E-state index contributed by atoms with van der Waals surface area (Å²) in [5, 5.41) is 15.7. The Balaban J connectivity index is 1.35. The van der Waals surface area contributed by atoms with Gasteiger partial charge in [-0.15, -0.1) is 5.10 Å². The van der Waals surface area contributed by atoms with Gasteiger partial charge in [0.15, 0.2) is 5.69 Å². The first kappa shape index (κ1) is 16.8. The molecule has 0 spiro atoms. The maximum Gasteiger partial charge on any atom is 0.273 e. The lowest BCUT2D eigenvalue weighted by Crippen LogP contribution is -2.29. The summed E-state index contributed by atoms with van der Waals surface area (Å²) in [7, 11) is 0. The number of carbonyl (C=O) groups is 1. The molecule has 1 amide bonds. The monoisotopic (exact) mass is 352 g/mol. The summed E-state index contributed by atoms with van der Waals surface area (Å²) in [6.07, 6.45) is 6.60. The molecule has 1 aliphatic rings. The number of hydrogen-bond donors (Lipinski definition) is 3. The maximum absolute atomic E-state index is 12.3. The third-order valence-corrected chi connectivity index (χ3v) is 5.12. The van der Waals surface area contributed by atoms with Crippen molar-refractivity contribution in [3.63, 3.8) is 0 Å². The van der Waals surface area contributed by atoms with E-state index in [4.69, 9.17) is 0 Å². The van der Waals surface area contributed by atoms with E-state index >= 15 is 0 Å². The number of nitrogens with zero attached hydrogens (tertiary/aromatic N) is 3. The van der Waals surface area contributed by atoms with Crippen LogP contribution in [0.1, 0.15) is 40.5 Å². The SMILES string of the molecule is Cc1cccc2c(CCNC(=O)c3cn(C4CCNCC4)nn3)c[nH]c12. The average molecular weight is 352 g/mol. The second-order valence-corrected chi connectivity index (χ2v) is 6.88. The van der Waals surface area contributed by atoms with Crippen LogP contribution in [0.5, 0.6) is 0 Å². The topological polar surface area (TPSA) is 87.6 Å². The van der Waals surface area contributed by atoms with E-state index in [1.54, 1.807) is 6.20 Å². The number of aromatic nitrogens is 4. The Bertz CT molecular complexity index is 906. The molecular formula is C19H24N6O. The molecule has 3 heterocycles. The summed E-state index contributed by atoms with van der Waals surface area (Å²) in [5.74, 6) is -0.166. The van der Waals surface area contributed by atoms with Crippen LogP contribution in [0.3, 0.4) is 0 Å². The van der Waals surface area contributed by atoms with E-state index in [0.29, 0.717) is 18.3 Å². The molecule has 7 heteroatoms. The molecule has 136 valence electrons. The van der Waals surface area contributed by atoms with Crippen LogP contribution in [0.25, 0.3) is 10.9 Å². The number of benzene rings is 1. The maximum atomic E-state index is 12.3. The van der Waals surface area contributed by atoms with Gasteiger partial charge in [-0.05, 0) is 50.4 Å². The minimum absolute atomic E-state index is 0.166. The lowest BCUT2D eigenvalue weighted by Gasteiger charge is -2.22. The van der Waals surface area contributed by atoms with E-state index < -0.39 is 0 Å². The second kappa shape index (κ2) is 7.29. The molecule has 3 aromatic rings. The van der Waals surface area contributed by atoms with Crippen LogP contribution in [0, 0.1) is 6.92 Å². The van der Waals surface area contributed by atoms with Gasteiger partial charge in [-0.25, -0.2) is 4.68 Å². The average Bonchev–Trinajstić information content (AvgIpc) is 3.31. The molecule has 1 aromatic carbocycles. The number of carbonyl (C=O) groups excluding carboxylic acids is 1. The second-order valence-electron chi connectivity index (χ2n) is 6.88. The molecule has 1 fully saturated rings. The predicted octanol–water partition coefficient (Wildman–Crippen LogP) is 1.96. The molecule has 0 unspecified atom stereocenters. The largest absolute Gasteiger partial charge is 0.361 e. The lowest BCUT2D eigenvalue weighted by molar-refractivity contribution is 0.0949. The first-order valence-corrected chi connectivity index (χ1v) is 9.18. The number of hydrogen-bond acceptors (Lipinski definition) is 4. The molecule has 0 aliphatic carbocycles. The van der Waals surface area contributed by atoms with Gasteiger partial charge in [0, 0.05) is 23.6 Å². The van der Waals surface area contributed by atoms with Gasteiger partial charge in [0.05, 0.1) is 12.2 Å². The van der Waals surface area contributed by atoms with Gasteiger partial charge in [0.1, 0.15) is 0 Å². The Labute approximate surface area is 152 Å². The number of H-pyrrole nitrogens is 1. The van der Waals surface area contributed by atoms with Crippen molar-refractivity contribution in [2.24, 2.45) is 0 Å². The summed E-state index contributed by atoms with van der Waals surface area (Å²) < 4.78 is 1.83. The summed E-state index contributed by atoms with van der Waals surface area (Å²) in [6.45, 7) is 4.63. The summed E-state index contributed by atoms with van der Waals surface area (Å²) in [6, 6.07) is 6.60. The molecule has 0 atom stereocenters. The van der Waals surface area contributed by atoms with Crippen molar-refractivity contribution >= 4 is 16.8 Å². The normalized spacial score (nSPS) is 15.4. The Morgan fingerprint density at radius 1 is 1.35 bits per heavy atom. The van der Waals surface area contributed by atoms with Crippen LogP contribution in [-0.2, 0) is 6.42 Å². The van der Waals surface area contributed by atoms with Gasteiger partial charge in [0.25, 0.3) is 5.91 Å². The molecule has 26 heavy (non-hydrogen) atoms. The summed E-state index contributed by atoms with van der Waals surface area (Å²) in [4.78, 5) is 15.7. The fourth-order valence-corrected chi connectivity index (χ4v) is 3.60. The van der Waals surface area contributed by atoms with E-state index in [0.717, 1.165) is 32.4 Å². The van der Waals surface area contributed by atoms with Crippen molar-refractivity contribution in [1.82, 2.24) is 30.6 Å². The quantitative estimate of drug-likeness (QED) is 0.655. The van der Waals surface area contributed by atoms with E-state index in [-0.39, 0.29) is 5.91 Å². The molecule has 3 N–H and O–H groups in total. The molecule has 2 aromatic heterocycles. The molecular weight excluding hydrogens is 328 g/mol. The van der Waals surface area contributed by atoms with Crippen LogP contribution < -0.4 is 10.6 Å². The van der Waals surface area contributed by atoms with Crippen molar-refractivity contribution in [3.05, 3.63) is 47.4 Å². The smallest absolute Gasteiger partial charge is 0.273 e. The lowest BCUT2D eigenvalue weighted by atomic mass is 10.1. The van der Waals surface area contributed by atoms with Gasteiger partial charge in [-0.3, -0.25) is 4.79 Å². The Morgan fingerprint density at radius 3 is 3.04 bits per heavy atom. The van der Waals surface area contributed by atoms with Gasteiger partial charge in [-0.1, -0.05) is 23.4 Å². The zero-order valence-corrected chi connectivity index (χ0v) is 15.0. The number of fused-ring (bicyclic) bond motifs is 1. The number of piperidine rings is 1. The van der Waals surface area contributed by atoms with Crippen molar-refractivity contribution in [2.75, 3.05) is 19.6 Å². The zero-order chi connectivity index (χ0) is 17.9. The molecule has 0 bridgehead atoms. The van der Waals surface area contributed by atoms with Crippen LogP contribution >= 0.6 is 0 Å². The predicted molar refractivity (Wildman–Crippen MR) is 100 cm³/mol. The van der Waals surface area contributed by atoms with Gasteiger partial charge >= 0.3 is 0 Å². The Hall–Kier alpha value is -2.67. The molecule has 4 rings (SSSR count). The third kappa shape index (κ3) is 3.35. The Morgan fingerprint density at radius 2 is 2.19 bits per heavy atom. The van der Waals surface area contributed by atoms with Crippen LogP contribution in [-0.4, -0.2) is 45.5 Å². The fourth-order valence-electron chi connectivity index (χ4n) is 3.60. The van der Waals surface area contributed by atoms with E-state index in [1.165, 1.54) is 22.0 Å². The summed E-state index contributed by atoms with van der Waals surface area (Å²) in [5.41, 5.74) is 3.99. The molecule has 1 aliphatic heterocycles. The standard InChI is InChI=1S/C19H24N6O/c1-13-3-2-4-16-14(11-22-18(13)16)5-10-21-19(26)17-12-25(24-23-17)15-6-8-20-9-7-15/h2-4,11-12,15,20,22H,5-10H2,1H3,(H,21,26). The van der Waals surface area contributed by atoms with Gasteiger partial charge in [0.2, 0.25) is 0 Å². The van der Waals surface area contributed by atoms with Crippen LogP contribution in [0.15, 0.2) is 30.6 Å². The molecule has 7 nitrogen and oxygen atoms in total. The van der Waals surface area contributed by atoms with Crippen molar-refractivity contribution < 1.29 is 4.79 Å². The van der Waals surface area contributed by atoms with Crippen molar-refractivity contribution in [2.45, 2.75) is 32.2 Å². The number of aryl methyl sites for hydroxylation is 1. The summed E-state index contributed by atoms with van der Waals surface area (Å²) >= 11 is 0. The molecule has 0 saturated carbocycles. The van der Waals surface area contributed by atoms with Crippen molar-refractivity contribution in [3.8, 4) is 0 Å². The van der Waals surface area contributed by atoms with E-state index in [1.807, 2.05) is 10.9 Å². The minimum atomic E-state index is -0.166. The number of rotatable bonds is 5. The number of aromatic amines is 1. The molecule has 1 saturated heterocycles. The third-order valence-electron chi connectivity index (χ3n) is 5.12. The first-order chi connectivity index (χ1) is 12.7. The highest BCUT2D eigenvalue weighted by Crippen LogP contribution is 2.21. The highest BCUT2D eigenvalue weighted by Gasteiger charge is 2.18. The highest BCUT2D eigenvalue weighted by molar-refractivity contribution is 5.92. The zero-order valence-electron chi connectivity index (χ0n) is 15.0. The highest BCUT2D eigenvalue weighted by atomic mass is 16.2. The van der Waals surface area contributed by atoms with Crippen molar-refractivity contribution in [1.29, 1.82) is 0 Å². The number of para-hydroxylation sites is 1. The van der Waals surface area contributed by atoms with Crippen LogP contribution in [0.2, 0.25) is 0 Å². The van der Waals surface area contributed by atoms with Gasteiger partial charge < -0.3 is 15.6 Å². The molecule has 0 radical (unpaired) electrons. The minimum Gasteiger partial charge on any atom is -0.361 e.